The van der Waals surface area contributed by atoms with E-state index in [9.17, 15) is 0 Å². The van der Waals surface area contributed by atoms with E-state index in [-0.39, 0.29) is 5.54 Å². The third-order valence-corrected chi connectivity index (χ3v) is 2.69. The maximum Gasteiger partial charge on any atom is 0.106 e. The van der Waals surface area contributed by atoms with Gasteiger partial charge in [0, 0.05) is 5.54 Å². The van der Waals surface area contributed by atoms with Gasteiger partial charge in [0.2, 0.25) is 0 Å². The first-order valence-electron chi connectivity index (χ1n) is 6.33. The zero-order chi connectivity index (χ0) is 14.5. The summed E-state index contributed by atoms with van der Waals surface area (Å²) in [6.45, 7) is 16.5. The van der Waals surface area contributed by atoms with Crippen LogP contribution in [0.1, 0.15) is 61.3 Å². The molecule has 0 aliphatic heterocycles. The van der Waals surface area contributed by atoms with Gasteiger partial charge in [-0.15, -0.1) is 0 Å². The van der Waals surface area contributed by atoms with Gasteiger partial charge in [-0.1, -0.05) is 38.5 Å². The molecule has 0 aliphatic carbocycles. The average molecular weight is 241 g/mol. The predicted molar refractivity (Wildman–Crippen MR) is 79.2 cm³/mol. The topological polar surface area (TPSA) is 43.1 Å². The van der Waals surface area contributed by atoms with Crippen molar-refractivity contribution in [1.29, 1.82) is 0 Å². The summed E-state index contributed by atoms with van der Waals surface area (Å²) in [4.78, 5) is 8.00. The minimum atomic E-state index is -0.0634. The zero-order valence-corrected chi connectivity index (χ0v) is 12.8. The molecule has 0 aliphatic rings. The molecule has 2 nitrogen and oxygen atoms in total. The number of carbonyl (C=O) groups excluding carboxylic acids is 1. The Kier molecular flexibility index (Phi) is 16.6. The van der Waals surface area contributed by atoms with Gasteiger partial charge >= 0.3 is 0 Å². The Morgan fingerprint density at radius 2 is 1.65 bits per heavy atom. The van der Waals surface area contributed by atoms with Crippen LogP contribution in [0.2, 0.25) is 0 Å². The fourth-order valence-corrected chi connectivity index (χ4v) is 1.21. The Bertz CT molecular complexity index is 227. The van der Waals surface area contributed by atoms with Crippen LogP contribution in [0.15, 0.2) is 23.3 Å². The van der Waals surface area contributed by atoms with Crippen LogP contribution in [0, 0.1) is 0 Å². The summed E-state index contributed by atoms with van der Waals surface area (Å²) in [5.41, 5.74) is 8.76. The first-order chi connectivity index (χ1) is 7.96. The van der Waals surface area contributed by atoms with Crippen molar-refractivity contribution in [2.45, 2.75) is 66.8 Å². The van der Waals surface area contributed by atoms with E-state index in [2.05, 4.69) is 46.8 Å². The maximum atomic E-state index is 8.00. The molecule has 102 valence electrons. The molecule has 0 rings (SSSR count). The smallest absolute Gasteiger partial charge is 0.106 e. The number of hydrogen-bond acceptors (Lipinski definition) is 2. The second-order valence-electron chi connectivity index (χ2n) is 3.97. The molecule has 0 aromatic carbocycles. The first kappa shape index (κ1) is 21.4. The van der Waals surface area contributed by atoms with Crippen LogP contribution >= 0.6 is 0 Å². The van der Waals surface area contributed by atoms with E-state index in [1.54, 1.807) is 0 Å². The number of allylic oxidation sites excluding steroid dienone is 3. The highest BCUT2D eigenvalue weighted by Crippen LogP contribution is 2.22. The summed E-state index contributed by atoms with van der Waals surface area (Å²) in [5, 5.41) is 0. The second kappa shape index (κ2) is 13.2. The molecular weight excluding hydrogens is 210 g/mol. The highest BCUT2D eigenvalue weighted by molar-refractivity contribution is 5.29. The van der Waals surface area contributed by atoms with Gasteiger partial charge in [0.1, 0.15) is 6.79 Å². The van der Waals surface area contributed by atoms with Crippen molar-refractivity contribution in [2.75, 3.05) is 0 Å². The molecule has 0 heterocycles. The number of carbonyl (C=O) groups is 1. The van der Waals surface area contributed by atoms with Gasteiger partial charge in [-0.2, -0.15) is 0 Å². The quantitative estimate of drug-likeness (QED) is 0.747. The van der Waals surface area contributed by atoms with E-state index in [0.717, 1.165) is 12.8 Å². The number of nitrogens with two attached hydrogens (primary N) is 1. The van der Waals surface area contributed by atoms with Crippen molar-refractivity contribution < 1.29 is 4.79 Å². The highest BCUT2D eigenvalue weighted by atomic mass is 16.1. The van der Waals surface area contributed by atoms with Crippen LogP contribution in [0.5, 0.6) is 0 Å². The molecule has 0 saturated carbocycles. The molecule has 0 spiro atoms. The van der Waals surface area contributed by atoms with E-state index >= 15 is 0 Å². The molecule has 0 radical (unpaired) electrons. The van der Waals surface area contributed by atoms with Crippen molar-refractivity contribution in [3.8, 4) is 0 Å². The van der Waals surface area contributed by atoms with Crippen LogP contribution in [0.4, 0.5) is 0 Å². The van der Waals surface area contributed by atoms with Gasteiger partial charge in [-0.3, -0.25) is 0 Å². The fourth-order valence-electron chi connectivity index (χ4n) is 1.21. The Hall–Kier alpha value is -0.890. The molecule has 0 fully saturated rings. The molecule has 1 unspecified atom stereocenters. The van der Waals surface area contributed by atoms with Crippen molar-refractivity contribution in [3.63, 3.8) is 0 Å². The minimum Gasteiger partial charge on any atom is -0.325 e. The first-order valence-corrected chi connectivity index (χ1v) is 6.33. The van der Waals surface area contributed by atoms with E-state index < -0.39 is 0 Å². The summed E-state index contributed by atoms with van der Waals surface area (Å²) >= 11 is 0. The lowest BCUT2D eigenvalue weighted by Gasteiger charge is -2.24. The summed E-state index contributed by atoms with van der Waals surface area (Å²) in [6.07, 6.45) is 6.29. The zero-order valence-electron chi connectivity index (χ0n) is 12.8. The Morgan fingerprint density at radius 3 is 1.88 bits per heavy atom. The van der Waals surface area contributed by atoms with E-state index in [1.165, 1.54) is 11.1 Å². The van der Waals surface area contributed by atoms with Crippen molar-refractivity contribution >= 4 is 6.79 Å². The molecule has 17 heavy (non-hydrogen) atoms. The van der Waals surface area contributed by atoms with Crippen LogP contribution in [-0.4, -0.2) is 12.3 Å². The highest BCUT2D eigenvalue weighted by Gasteiger charge is 2.17. The van der Waals surface area contributed by atoms with Crippen LogP contribution < -0.4 is 5.73 Å². The number of hydrogen-bond donors (Lipinski definition) is 1. The summed E-state index contributed by atoms with van der Waals surface area (Å²) in [6, 6.07) is 0. The van der Waals surface area contributed by atoms with E-state index in [4.69, 9.17) is 10.5 Å². The molecule has 1 atom stereocenters. The van der Waals surface area contributed by atoms with Crippen molar-refractivity contribution in [3.05, 3.63) is 23.3 Å². The SMILES string of the molecule is C/C=C(C)\C(=C/C)CC(C)(N)CC.C=O.CC. The Labute approximate surface area is 108 Å². The lowest BCUT2D eigenvalue weighted by Crippen LogP contribution is -2.35. The molecular formula is C15H31NO. The molecule has 0 saturated heterocycles. The monoisotopic (exact) mass is 241 g/mol. The largest absolute Gasteiger partial charge is 0.325 e. The van der Waals surface area contributed by atoms with Crippen LogP contribution in [0.3, 0.4) is 0 Å². The molecule has 0 bridgehead atoms. The fraction of sp³-hybridized carbons (Fsp3) is 0.667. The van der Waals surface area contributed by atoms with Gasteiger partial charge in [0.05, 0.1) is 0 Å². The summed E-state index contributed by atoms with van der Waals surface area (Å²) < 4.78 is 0. The molecule has 0 amide bonds. The maximum absolute atomic E-state index is 8.00. The van der Waals surface area contributed by atoms with Gasteiger partial charge in [-0.25, -0.2) is 0 Å². The van der Waals surface area contributed by atoms with Gasteiger partial charge < -0.3 is 10.5 Å². The summed E-state index contributed by atoms with van der Waals surface area (Å²) in [5.74, 6) is 0. The van der Waals surface area contributed by atoms with E-state index in [1.807, 2.05) is 20.6 Å². The molecule has 0 aromatic rings. The normalized spacial score (nSPS) is 14.8. The third kappa shape index (κ3) is 11.4. The summed E-state index contributed by atoms with van der Waals surface area (Å²) in [7, 11) is 0. The molecule has 2 N–H and O–H groups in total. The lowest BCUT2D eigenvalue weighted by molar-refractivity contribution is -0.0979. The van der Waals surface area contributed by atoms with Gasteiger partial charge in [0.15, 0.2) is 0 Å². The van der Waals surface area contributed by atoms with Crippen LogP contribution in [-0.2, 0) is 4.79 Å². The average Bonchev–Trinajstić information content (AvgIpc) is 2.39. The van der Waals surface area contributed by atoms with Crippen LogP contribution in [0.25, 0.3) is 0 Å². The van der Waals surface area contributed by atoms with Gasteiger partial charge in [0.25, 0.3) is 0 Å². The lowest BCUT2D eigenvalue weighted by atomic mass is 9.88. The minimum absolute atomic E-state index is 0.0634. The third-order valence-electron chi connectivity index (χ3n) is 2.69. The molecule has 2 heteroatoms. The molecule has 0 aromatic heterocycles. The van der Waals surface area contributed by atoms with E-state index in [0.29, 0.717) is 0 Å². The Balaban J connectivity index is -0.000000439. The van der Waals surface area contributed by atoms with Crippen molar-refractivity contribution in [1.82, 2.24) is 0 Å². The van der Waals surface area contributed by atoms with Gasteiger partial charge in [-0.05, 0) is 46.1 Å². The number of rotatable bonds is 4. The Morgan fingerprint density at radius 1 is 1.24 bits per heavy atom. The predicted octanol–water partition coefficient (Wildman–Crippen LogP) is 4.26. The van der Waals surface area contributed by atoms with Crippen molar-refractivity contribution in [2.24, 2.45) is 5.73 Å². The second-order valence-corrected chi connectivity index (χ2v) is 3.97. The standard InChI is InChI=1S/C12H23N.C2H6.CH2O/c1-6-10(4)11(7-2)9-12(5,13)8-3;2*1-2/h6-7H,8-9,13H2,1-5H3;1-2H3;1H2/b10-6-,11-7-;;.